The maximum absolute atomic E-state index is 15.3. The van der Waals surface area contributed by atoms with Gasteiger partial charge in [-0.3, -0.25) is 14.4 Å². The monoisotopic (exact) mass is 1270 g/mol. The third kappa shape index (κ3) is 17.7. The normalized spacial score (nSPS) is 14.3. The van der Waals surface area contributed by atoms with Gasteiger partial charge in [-0.15, -0.1) is 0 Å². The van der Waals surface area contributed by atoms with Gasteiger partial charge < -0.3 is 33.3 Å². The number of anilines is 3. The number of thiol groups is 4. The largest absolute Gasteiger partial charge is 0.491 e. The summed E-state index contributed by atoms with van der Waals surface area (Å²) in [6, 6.07) is 66.0. The van der Waals surface area contributed by atoms with Crippen LogP contribution in [0.2, 0.25) is 0 Å². The van der Waals surface area contributed by atoms with Gasteiger partial charge in [0.1, 0.15) is 37.9 Å². The van der Waals surface area contributed by atoms with E-state index in [0.717, 1.165) is 130 Å². The van der Waals surface area contributed by atoms with Gasteiger partial charge >= 0.3 is 11.9 Å². The van der Waals surface area contributed by atoms with Crippen LogP contribution in [0.25, 0.3) is 21.9 Å². The Labute approximate surface area is 547 Å². The second-order valence-corrected chi connectivity index (χ2v) is 24.5. The fourth-order valence-electron chi connectivity index (χ4n) is 11.7. The zero-order valence-electron chi connectivity index (χ0n) is 50.7. The minimum Gasteiger partial charge on any atom is -0.491 e. The van der Waals surface area contributed by atoms with Gasteiger partial charge in [-0.2, -0.15) is 50.5 Å². The van der Waals surface area contributed by atoms with Gasteiger partial charge in [0.2, 0.25) is 0 Å². The van der Waals surface area contributed by atoms with E-state index in [2.05, 4.69) is 178 Å². The molecule has 0 saturated carbocycles. The molecule has 2 unspecified atom stereocenters. The summed E-state index contributed by atoms with van der Waals surface area (Å²) in [6.45, 7) is 4.19. The van der Waals surface area contributed by atoms with E-state index in [1.165, 1.54) is 0 Å². The van der Waals surface area contributed by atoms with Crippen molar-refractivity contribution >= 4 is 107 Å². The van der Waals surface area contributed by atoms with Gasteiger partial charge in [-0.1, -0.05) is 134 Å². The van der Waals surface area contributed by atoms with Crippen LogP contribution in [-0.2, 0) is 34.0 Å². The van der Waals surface area contributed by atoms with Gasteiger partial charge in [0.25, 0.3) is 0 Å². The molecule has 2 atom stereocenters. The molecule has 0 bridgehead atoms. The number of hydrogen-bond donors (Lipinski definition) is 4. The lowest BCUT2D eigenvalue weighted by atomic mass is 9.64. The van der Waals surface area contributed by atoms with Crippen LogP contribution >= 0.6 is 50.5 Å². The van der Waals surface area contributed by atoms with E-state index in [9.17, 15) is 9.59 Å². The van der Waals surface area contributed by atoms with Crippen molar-refractivity contribution in [3.63, 3.8) is 0 Å². The maximum atomic E-state index is 15.3. The number of para-hydroxylation sites is 2. The first-order valence-corrected chi connectivity index (χ1v) is 33.3. The molecule has 0 heterocycles. The van der Waals surface area contributed by atoms with Crippen LogP contribution in [0, 0.1) is 0 Å². The van der Waals surface area contributed by atoms with Crippen molar-refractivity contribution in [1.29, 1.82) is 0 Å². The zero-order valence-corrected chi connectivity index (χ0v) is 54.3. The van der Waals surface area contributed by atoms with Crippen molar-refractivity contribution in [3.05, 3.63) is 233 Å². The number of ether oxygens (including phenoxy) is 6. The van der Waals surface area contributed by atoms with Crippen LogP contribution in [0.1, 0.15) is 115 Å². The number of nitrogens with zero attached hydrogens (tertiary/aromatic N) is 1. The lowest BCUT2D eigenvalue weighted by Crippen LogP contribution is -2.30. The van der Waals surface area contributed by atoms with Gasteiger partial charge in [0.05, 0.1) is 31.8 Å². The SMILES string of the molecule is CC1=C(c2cc3ccccc3cc2C(=O)c2ccccc2)C(c2ccc(OCCOCCOC(=O)CCCCC(S)CCS)cc2)(c2ccc(OCCOCCOC(=O)CCCCC(S)CCS)cc2)c2cc(N(c3ccccc3)c3ccccc3)ccc21. The molecular formula is C75H81NO9S4. The highest BCUT2D eigenvalue weighted by atomic mass is 32.1. The van der Waals surface area contributed by atoms with Gasteiger partial charge in [0, 0.05) is 51.5 Å². The van der Waals surface area contributed by atoms with Crippen molar-refractivity contribution in [3.8, 4) is 11.5 Å². The van der Waals surface area contributed by atoms with E-state index >= 15 is 4.79 Å². The molecule has 8 aromatic rings. The Kier molecular flexibility index (Phi) is 25.7. The van der Waals surface area contributed by atoms with Crippen molar-refractivity contribution in [2.45, 2.75) is 87.0 Å². The quantitative estimate of drug-likeness (QED) is 0.0131. The first kappa shape index (κ1) is 66.5. The minimum atomic E-state index is -1.05. The summed E-state index contributed by atoms with van der Waals surface area (Å²) < 4.78 is 35.3. The number of fused-ring (bicyclic) bond motifs is 2. The van der Waals surface area contributed by atoms with Crippen LogP contribution in [0.4, 0.5) is 17.1 Å². The van der Waals surface area contributed by atoms with Crippen LogP contribution in [0.15, 0.2) is 194 Å². The van der Waals surface area contributed by atoms with Gasteiger partial charge in [0.15, 0.2) is 5.78 Å². The Bertz CT molecular complexity index is 3440. The van der Waals surface area contributed by atoms with Crippen molar-refractivity contribution in [1.82, 2.24) is 0 Å². The summed E-state index contributed by atoms with van der Waals surface area (Å²) in [5, 5.41) is 2.56. The van der Waals surface area contributed by atoms with Gasteiger partial charge in [-0.05, 0) is 179 Å². The fourth-order valence-corrected chi connectivity index (χ4v) is 13.4. The van der Waals surface area contributed by atoms with E-state index in [1.807, 2.05) is 78.9 Å². The molecule has 0 aromatic heterocycles. The third-order valence-electron chi connectivity index (χ3n) is 16.1. The molecule has 0 amide bonds. The van der Waals surface area contributed by atoms with Crippen LogP contribution in [-0.4, -0.2) is 92.6 Å². The first-order valence-electron chi connectivity index (χ1n) is 31.0. The maximum Gasteiger partial charge on any atom is 0.305 e. The number of carbonyl (C=O) groups is 3. The number of hydrogen-bond acceptors (Lipinski definition) is 14. The van der Waals surface area contributed by atoms with Crippen molar-refractivity contribution in [2.75, 3.05) is 69.3 Å². The van der Waals surface area contributed by atoms with Crippen LogP contribution in [0.3, 0.4) is 0 Å². The number of rotatable bonds is 36. The Morgan fingerprint density at radius 2 is 0.921 bits per heavy atom. The van der Waals surface area contributed by atoms with E-state index in [0.29, 0.717) is 59.2 Å². The van der Waals surface area contributed by atoms with E-state index in [1.54, 1.807) is 0 Å². The average molecular weight is 1270 g/mol. The molecule has 14 heteroatoms. The Morgan fingerprint density at radius 1 is 0.461 bits per heavy atom. The van der Waals surface area contributed by atoms with Crippen molar-refractivity contribution < 1.29 is 42.8 Å². The van der Waals surface area contributed by atoms with E-state index < -0.39 is 5.41 Å². The number of carbonyl (C=O) groups excluding carboxylic acids is 3. The molecule has 8 aromatic carbocycles. The number of esters is 2. The highest BCUT2D eigenvalue weighted by molar-refractivity contribution is 7.81. The molecule has 1 aliphatic carbocycles. The molecule has 1 aliphatic rings. The number of benzene rings is 8. The smallest absolute Gasteiger partial charge is 0.305 e. The fraction of sp³-hybridized carbons (Fsp3) is 0.320. The molecule has 0 spiro atoms. The Hall–Kier alpha value is -6.91. The Balaban J connectivity index is 1.04. The molecule has 89 heavy (non-hydrogen) atoms. The summed E-state index contributed by atoms with van der Waals surface area (Å²) in [5.74, 6) is 2.37. The predicted molar refractivity (Wildman–Crippen MR) is 374 cm³/mol. The first-order chi connectivity index (χ1) is 43.6. The summed E-state index contributed by atoms with van der Waals surface area (Å²) in [5.41, 5.74) is 9.87. The van der Waals surface area contributed by atoms with Crippen LogP contribution < -0.4 is 14.4 Å². The van der Waals surface area contributed by atoms with Gasteiger partial charge in [-0.25, -0.2) is 0 Å². The molecule has 0 saturated heterocycles. The summed E-state index contributed by atoms with van der Waals surface area (Å²) in [4.78, 5) is 42.4. The lowest BCUT2D eigenvalue weighted by molar-refractivity contribution is -0.146. The highest BCUT2D eigenvalue weighted by Gasteiger charge is 2.49. The molecule has 464 valence electrons. The zero-order chi connectivity index (χ0) is 62.2. The number of ketones is 1. The second-order valence-electron chi connectivity index (χ2n) is 22.2. The van der Waals surface area contributed by atoms with E-state index in [-0.39, 0.29) is 57.4 Å². The molecule has 0 fully saturated rings. The standard InChI is InChI=1S/C75H81NO9S4/c1-54-67-38-33-62(76(60-21-7-3-8-22-60)61-23-9-4-10-24-61)53-70(67)75(73(54)68-51-56-19-11-12-20-57(56)52-69(68)74(79)55-17-5-2-6-18-55,58-29-34-63(35-30-58)82-45-41-80-43-47-84-71(77)27-15-13-25-65(88)39-49-86)59-31-36-64(37-32-59)83-46-42-81-44-48-85-72(78)28-16-14-26-66(89)40-50-87/h2-12,17-24,29-38,51-53,65-66,86-89H,13-16,25-28,39-50H2,1H3. The Morgan fingerprint density at radius 3 is 1.42 bits per heavy atom. The minimum absolute atomic E-state index is 0.0821. The van der Waals surface area contributed by atoms with Crippen molar-refractivity contribution in [2.24, 2.45) is 0 Å². The third-order valence-corrected chi connectivity index (χ3v) is 17.6. The summed E-state index contributed by atoms with van der Waals surface area (Å²) in [6.07, 6.45) is 7.90. The van der Waals surface area contributed by atoms with Crippen LogP contribution in [0.5, 0.6) is 11.5 Å². The molecular weight excluding hydrogens is 1190 g/mol. The predicted octanol–water partition coefficient (Wildman–Crippen LogP) is 17.1. The molecule has 0 N–H and O–H groups in total. The summed E-state index contributed by atoms with van der Waals surface area (Å²) in [7, 11) is 0. The van der Waals surface area contributed by atoms with E-state index in [4.69, 9.17) is 28.4 Å². The number of unbranched alkanes of at least 4 members (excludes halogenated alkanes) is 2. The number of allylic oxidation sites excluding steroid dienone is 2. The molecule has 0 radical (unpaired) electrons. The molecule has 10 nitrogen and oxygen atoms in total. The lowest BCUT2D eigenvalue weighted by Gasteiger charge is -2.37. The molecule has 9 rings (SSSR count). The molecule has 0 aliphatic heterocycles. The second kappa shape index (κ2) is 34.3. The average Bonchev–Trinajstić information content (AvgIpc) is 1.59. The summed E-state index contributed by atoms with van der Waals surface area (Å²) >= 11 is 17.8. The topological polar surface area (TPSA) is 110 Å². The highest BCUT2D eigenvalue weighted by Crippen LogP contribution is 2.60.